The fourth-order valence-corrected chi connectivity index (χ4v) is 4.84. The van der Waals surface area contributed by atoms with Crippen LogP contribution in [0.3, 0.4) is 0 Å². The van der Waals surface area contributed by atoms with Gasteiger partial charge in [0.25, 0.3) is 11.5 Å². The number of oxime groups is 2. The highest BCUT2D eigenvalue weighted by Gasteiger charge is 2.62. The number of aryl methyl sites for hydroxylation is 1. The number of imide groups is 1. The molecule has 2 heterocycles. The first-order valence-electron chi connectivity index (χ1n) is 12.0. The second kappa shape index (κ2) is 11.0. The first-order valence-corrected chi connectivity index (χ1v) is 13.1. The smallest absolute Gasteiger partial charge is 0.435 e. The van der Waals surface area contributed by atoms with Crippen LogP contribution in [0.5, 0.6) is 0 Å². The minimum absolute atomic E-state index is 0.0323. The number of amides is 2. The fourth-order valence-electron chi connectivity index (χ4n) is 4.18. The van der Waals surface area contributed by atoms with Gasteiger partial charge < -0.3 is 14.4 Å². The summed E-state index contributed by atoms with van der Waals surface area (Å²) in [4.78, 5) is 37.3. The molecule has 41 heavy (non-hydrogen) atoms. The predicted octanol–water partition coefficient (Wildman–Crippen LogP) is 7.70. The van der Waals surface area contributed by atoms with Gasteiger partial charge in [-0.25, -0.2) is 14.1 Å². The molecule has 2 aliphatic heterocycles. The minimum atomic E-state index is -4.99. The van der Waals surface area contributed by atoms with Crippen molar-refractivity contribution in [2.45, 2.75) is 64.1 Å². The van der Waals surface area contributed by atoms with Gasteiger partial charge >= 0.3 is 12.3 Å². The number of carbonyl (C=O) groups excluding carboxylic acids is 2. The molecule has 0 N–H and O–H groups in total. The minimum Gasteiger partial charge on any atom is -0.443 e. The van der Waals surface area contributed by atoms with E-state index in [1.165, 1.54) is 25.1 Å². The van der Waals surface area contributed by atoms with Gasteiger partial charge in [0, 0.05) is 17.5 Å². The number of ether oxygens (including phenoxy) is 1. The van der Waals surface area contributed by atoms with Crippen LogP contribution >= 0.6 is 34.8 Å². The van der Waals surface area contributed by atoms with Crippen LogP contribution in [-0.4, -0.2) is 45.8 Å². The molecule has 2 aromatic rings. The molecule has 0 saturated carbocycles. The van der Waals surface area contributed by atoms with Crippen LogP contribution in [0.4, 0.5) is 22.4 Å². The van der Waals surface area contributed by atoms with Crippen molar-refractivity contribution < 1.29 is 41.6 Å². The normalized spacial score (nSPS) is 20.6. The summed E-state index contributed by atoms with van der Waals surface area (Å²) in [5.74, 6) is -1.87. The SMILES string of the molecule is Cc1cc(C2=NO[C@@](c3cc(Cl)c(F)c(Cl)c3)(C(F)(F)F)C2)ccc1C(=O)N(C(=O)OC(C)(C)C)C1CC(Cl)=NO1. The molecule has 0 saturated heterocycles. The molecule has 0 bridgehead atoms. The van der Waals surface area contributed by atoms with Crippen LogP contribution in [-0.2, 0) is 20.0 Å². The van der Waals surface area contributed by atoms with Gasteiger partial charge in [-0.05, 0) is 63.1 Å². The maximum absolute atomic E-state index is 14.4. The van der Waals surface area contributed by atoms with Crippen LogP contribution in [0.2, 0.25) is 10.0 Å². The highest BCUT2D eigenvalue weighted by Crippen LogP contribution is 2.50. The van der Waals surface area contributed by atoms with Crippen molar-refractivity contribution in [2.24, 2.45) is 10.3 Å². The van der Waals surface area contributed by atoms with Gasteiger partial charge in [0.2, 0.25) is 6.23 Å². The van der Waals surface area contributed by atoms with Gasteiger partial charge in [0.1, 0.15) is 5.60 Å². The molecule has 0 aromatic heterocycles. The van der Waals surface area contributed by atoms with Gasteiger partial charge in [-0.15, -0.1) is 0 Å². The molecule has 0 aliphatic carbocycles. The van der Waals surface area contributed by atoms with Crippen LogP contribution in [0.1, 0.15) is 60.7 Å². The van der Waals surface area contributed by atoms with Crippen molar-refractivity contribution in [3.63, 3.8) is 0 Å². The van der Waals surface area contributed by atoms with Crippen molar-refractivity contribution in [2.75, 3.05) is 0 Å². The number of rotatable bonds is 4. The number of alkyl halides is 3. The molecular formula is C26H22Cl3F4N3O5. The zero-order chi connectivity index (χ0) is 30.5. The summed E-state index contributed by atoms with van der Waals surface area (Å²) in [7, 11) is 0. The molecular weight excluding hydrogens is 617 g/mol. The molecule has 220 valence electrons. The number of halogens is 7. The third-order valence-corrected chi connectivity index (χ3v) is 6.91. The quantitative estimate of drug-likeness (QED) is 0.253. The van der Waals surface area contributed by atoms with E-state index in [0.29, 0.717) is 5.56 Å². The number of carbonyl (C=O) groups is 2. The van der Waals surface area contributed by atoms with Crippen LogP contribution in [0.15, 0.2) is 40.6 Å². The second-order valence-corrected chi connectivity index (χ2v) is 11.6. The Morgan fingerprint density at radius 1 is 1.07 bits per heavy atom. The zero-order valence-electron chi connectivity index (χ0n) is 21.9. The van der Waals surface area contributed by atoms with Crippen LogP contribution in [0, 0.1) is 12.7 Å². The van der Waals surface area contributed by atoms with Gasteiger partial charge in [0.15, 0.2) is 11.0 Å². The molecule has 0 radical (unpaired) electrons. The van der Waals surface area contributed by atoms with E-state index in [-0.39, 0.29) is 28.4 Å². The third-order valence-electron chi connectivity index (χ3n) is 6.14. The first kappa shape index (κ1) is 30.9. The summed E-state index contributed by atoms with van der Waals surface area (Å²) < 4.78 is 62.4. The van der Waals surface area contributed by atoms with E-state index in [1.807, 2.05) is 0 Å². The highest BCUT2D eigenvalue weighted by molar-refractivity contribution is 6.65. The molecule has 8 nitrogen and oxygen atoms in total. The van der Waals surface area contributed by atoms with E-state index in [2.05, 4.69) is 10.3 Å². The van der Waals surface area contributed by atoms with Gasteiger partial charge in [-0.2, -0.15) is 13.2 Å². The molecule has 1 unspecified atom stereocenters. The Kier molecular flexibility index (Phi) is 8.25. The molecule has 2 aromatic carbocycles. The Labute approximate surface area is 246 Å². The maximum atomic E-state index is 14.4. The van der Waals surface area contributed by atoms with Crippen molar-refractivity contribution in [1.29, 1.82) is 0 Å². The topological polar surface area (TPSA) is 89.8 Å². The maximum Gasteiger partial charge on any atom is 0.435 e. The van der Waals surface area contributed by atoms with Gasteiger partial charge in [0.05, 0.1) is 22.2 Å². The molecule has 2 aliphatic rings. The fraction of sp³-hybridized carbons (Fsp3) is 0.385. The zero-order valence-corrected chi connectivity index (χ0v) is 24.2. The second-order valence-electron chi connectivity index (χ2n) is 10.3. The summed E-state index contributed by atoms with van der Waals surface area (Å²) >= 11 is 17.4. The summed E-state index contributed by atoms with van der Waals surface area (Å²) in [6, 6.07) is 5.66. The highest BCUT2D eigenvalue weighted by atomic mass is 35.5. The first-order chi connectivity index (χ1) is 18.9. The Morgan fingerprint density at radius 2 is 1.71 bits per heavy atom. The number of hydrogen-bond acceptors (Lipinski definition) is 7. The standard InChI is InChI=1S/C26H22Cl3F4N3O5/c1-12-7-13(18-11-25(41-34-18,26(31,32)33)14-8-16(27)21(30)17(28)9-14)5-6-15(12)22(37)36(20-10-19(29)35-40-20)23(38)39-24(2,3)4/h5-9,20H,10-11H2,1-4H3/t20?,25-/m0/s1. The van der Waals surface area contributed by atoms with Crippen molar-refractivity contribution >= 4 is 57.7 Å². The molecule has 0 spiro atoms. The lowest BCUT2D eigenvalue weighted by Crippen LogP contribution is -2.47. The van der Waals surface area contributed by atoms with Crippen molar-refractivity contribution in [3.05, 3.63) is 68.4 Å². The lowest BCUT2D eigenvalue weighted by atomic mass is 9.86. The Morgan fingerprint density at radius 3 is 2.22 bits per heavy atom. The Balaban J connectivity index is 1.64. The molecule has 2 atom stereocenters. The Bertz CT molecular complexity index is 1450. The van der Waals surface area contributed by atoms with Gasteiger partial charge in [-0.3, -0.25) is 4.79 Å². The average molecular weight is 639 g/mol. The average Bonchev–Trinajstić information content (AvgIpc) is 3.48. The van der Waals surface area contributed by atoms with E-state index < -0.39 is 63.5 Å². The molecule has 2 amide bonds. The summed E-state index contributed by atoms with van der Waals surface area (Å²) in [5, 5.41) is 6.07. The predicted molar refractivity (Wildman–Crippen MR) is 143 cm³/mol. The van der Waals surface area contributed by atoms with Crippen LogP contribution in [0.25, 0.3) is 0 Å². The van der Waals surface area contributed by atoms with Crippen LogP contribution < -0.4 is 0 Å². The third kappa shape index (κ3) is 6.09. The van der Waals surface area contributed by atoms with Gasteiger partial charge in [-0.1, -0.05) is 51.2 Å². The molecule has 0 fully saturated rings. The van der Waals surface area contributed by atoms with E-state index >= 15 is 0 Å². The monoisotopic (exact) mass is 637 g/mol. The van der Waals surface area contributed by atoms with E-state index in [0.717, 1.165) is 17.0 Å². The number of hydrogen-bond donors (Lipinski definition) is 0. The van der Waals surface area contributed by atoms with E-state index in [4.69, 9.17) is 49.2 Å². The summed E-state index contributed by atoms with van der Waals surface area (Å²) in [6.07, 6.45) is -8.02. The molecule has 15 heteroatoms. The summed E-state index contributed by atoms with van der Waals surface area (Å²) in [6.45, 7) is 6.37. The number of nitrogens with zero attached hydrogens (tertiary/aromatic N) is 3. The number of benzene rings is 2. The van der Waals surface area contributed by atoms with E-state index in [9.17, 15) is 27.2 Å². The lowest BCUT2D eigenvalue weighted by Gasteiger charge is -2.30. The lowest BCUT2D eigenvalue weighted by molar-refractivity contribution is -0.275. The summed E-state index contributed by atoms with van der Waals surface area (Å²) in [5.41, 5.74) is -4.04. The van der Waals surface area contributed by atoms with Crippen molar-refractivity contribution in [1.82, 2.24) is 4.90 Å². The van der Waals surface area contributed by atoms with E-state index in [1.54, 1.807) is 20.8 Å². The van der Waals surface area contributed by atoms with Crippen molar-refractivity contribution in [3.8, 4) is 0 Å². The Hall–Kier alpha value is -3.09. The molecule has 4 rings (SSSR count). The largest absolute Gasteiger partial charge is 0.443 e.